The van der Waals surface area contributed by atoms with Gasteiger partial charge in [0.05, 0.1) is 18.8 Å². The average molecular weight is 246 g/mol. The summed E-state index contributed by atoms with van der Waals surface area (Å²) in [6.45, 7) is 5.35. The summed E-state index contributed by atoms with van der Waals surface area (Å²) in [6, 6.07) is 8.59. The van der Waals surface area contributed by atoms with Crippen LogP contribution in [0.2, 0.25) is 0 Å². The molecule has 3 rings (SSSR count). The lowest BCUT2D eigenvalue weighted by Crippen LogP contribution is -2.33. The van der Waals surface area contributed by atoms with Crippen LogP contribution in [0.25, 0.3) is 0 Å². The van der Waals surface area contributed by atoms with Crippen LogP contribution in [-0.4, -0.2) is 38.2 Å². The van der Waals surface area contributed by atoms with Crippen molar-refractivity contribution in [3.05, 3.63) is 35.4 Å². The fourth-order valence-corrected chi connectivity index (χ4v) is 2.25. The van der Waals surface area contributed by atoms with E-state index in [4.69, 9.17) is 9.47 Å². The predicted molar refractivity (Wildman–Crippen MR) is 70.0 cm³/mol. The van der Waals surface area contributed by atoms with E-state index in [1.165, 1.54) is 5.56 Å². The van der Waals surface area contributed by atoms with Crippen molar-refractivity contribution >= 4 is 5.90 Å². The second-order valence-corrected chi connectivity index (χ2v) is 4.78. The Morgan fingerprint density at radius 3 is 2.72 bits per heavy atom. The Bertz CT molecular complexity index is 436. The molecular weight excluding hydrogens is 228 g/mol. The first-order valence-corrected chi connectivity index (χ1v) is 6.46. The molecule has 1 N–H and O–H groups in total. The van der Waals surface area contributed by atoms with E-state index in [0.717, 1.165) is 31.2 Å². The lowest BCUT2D eigenvalue weighted by Gasteiger charge is -2.24. The fraction of sp³-hybridized carbons (Fsp3) is 0.500. The Kier molecular flexibility index (Phi) is 3.30. The van der Waals surface area contributed by atoms with Crippen LogP contribution in [0.1, 0.15) is 24.2 Å². The van der Waals surface area contributed by atoms with Gasteiger partial charge in [-0.2, -0.15) is 0 Å². The molecule has 1 fully saturated rings. The van der Waals surface area contributed by atoms with Crippen molar-refractivity contribution in [1.82, 2.24) is 5.32 Å². The van der Waals surface area contributed by atoms with Crippen LogP contribution in [0, 0.1) is 0 Å². The van der Waals surface area contributed by atoms with Gasteiger partial charge in [-0.25, -0.2) is 4.99 Å². The minimum absolute atomic E-state index is 0.165. The summed E-state index contributed by atoms with van der Waals surface area (Å²) >= 11 is 0. The molecule has 0 radical (unpaired) electrons. The van der Waals surface area contributed by atoms with E-state index < -0.39 is 0 Å². The second kappa shape index (κ2) is 5.08. The molecule has 96 valence electrons. The SMILES string of the molecule is CC1COC(c2ccc(C3CNCCO3)cc2)=N1. The Morgan fingerprint density at radius 2 is 2.11 bits per heavy atom. The van der Waals surface area contributed by atoms with Crippen LogP contribution in [0.3, 0.4) is 0 Å². The topological polar surface area (TPSA) is 42.8 Å². The van der Waals surface area contributed by atoms with E-state index in [-0.39, 0.29) is 12.1 Å². The van der Waals surface area contributed by atoms with Gasteiger partial charge in [0.25, 0.3) is 0 Å². The van der Waals surface area contributed by atoms with E-state index in [0.29, 0.717) is 6.61 Å². The van der Waals surface area contributed by atoms with Crippen molar-refractivity contribution in [3.8, 4) is 0 Å². The highest BCUT2D eigenvalue weighted by Gasteiger charge is 2.18. The van der Waals surface area contributed by atoms with E-state index >= 15 is 0 Å². The smallest absolute Gasteiger partial charge is 0.216 e. The first-order chi connectivity index (χ1) is 8.83. The largest absolute Gasteiger partial charge is 0.475 e. The van der Waals surface area contributed by atoms with Crippen molar-refractivity contribution < 1.29 is 9.47 Å². The van der Waals surface area contributed by atoms with Crippen LogP contribution in [0.4, 0.5) is 0 Å². The van der Waals surface area contributed by atoms with Crippen molar-refractivity contribution in [3.63, 3.8) is 0 Å². The first-order valence-electron chi connectivity index (χ1n) is 6.46. The summed E-state index contributed by atoms with van der Waals surface area (Å²) in [4.78, 5) is 4.45. The molecule has 0 bridgehead atoms. The van der Waals surface area contributed by atoms with E-state index in [2.05, 4.69) is 41.5 Å². The molecule has 2 aliphatic rings. The Labute approximate surface area is 107 Å². The van der Waals surface area contributed by atoms with Crippen molar-refractivity contribution in [2.45, 2.75) is 19.1 Å². The number of hydrogen-bond donors (Lipinski definition) is 1. The maximum absolute atomic E-state index is 5.72. The highest BCUT2D eigenvalue weighted by atomic mass is 16.5. The van der Waals surface area contributed by atoms with Gasteiger partial charge >= 0.3 is 0 Å². The average Bonchev–Trinajstić information content (AvgIpc) is 2.87. The maximum Gasteiger partial charge on any atom is 0.216 e. The van der Waals surface area contributed by atoms with Gasteiger partial charge < -0.3 is 14.8 Å². The summed E-state index contributed by atoms with van der Waals surface area (Å²) in [6.07, 6.45) is 0.165. The number of hydrogen-bond acceptors (Lipinski definition) is 4. The highest BCUT2D eigenvalue weighted by Crippen LogP contribution is 2.20. The molecule has 1 aromatic rings. The van der Waals surface area contributed by atoms with Crippen LogP contribution in [0.5, 0.6) is 0 Å². The Hall–Kier alpha value is -1.39. The van der Waals surface area contributed by atoms with Crippen LogP contribution < -0.4 is 5.32 Å². The molecule has 0 aliphatic carbocycles. The predicted octanol–water partition coefficient (Wildman–Crippen LogP) is 1.51. The lowest BCUT2D eigenvalue weighted by atomic mass is 10.1. The zero-order valence-electron chi connectivity index (χ0n) is 10.6. The number of nitrogens with zero attached hydrogens (tertiary/aromatic N) is 1. The molecule has 0 aromatic heterocycles. The molecule has 1 saturated heterocycles. The molecular formula is C14H18N2O2. The lowest BCUT2D eigenvalue weighted by molar-refractivity contribution is 0.0277. The second-order valence-electron chi connectivity index (χ2n) is 4.78. The van der Waals surface area contributed by atoms with Crippen LogP contribution in [-0.2, 0) is 9.47 Å². The third-order valence-corrected chi connectivity index (χ3v) is 3.26. The number of rotatable bonds is 2. The molecule has 0 spiro atoms. The van der Waals surface area contributed by atoms with Gasteiger partial charge in [0, 0.05) is 18.7 Å². The van der Waals surface area contributed by atoms with E-state index in [1.807, 2.05) is 0 Å². The summed E-state index contributed by atoms with van der Waals surface area (Å²) < 4.78 is 11.3. The summed E-state index contributed by atoms with van der Waals surface area (Å²) in [5.41, 5.74) is 2.25. The minimum atomic E-state index is 0.165. The third kappa shape index (κ3) is 2.40. The maximum atomic E-state index is 5.72. The monoisotopic (exact) mass is 246 g/mol. The summed E-state index contributed by atoms with van der Waals surface area (Å²) in [5.74, 6) is 0.761. The summed E-state index contributed by atoms with van der Waals surface area (Å²) in [5, 5.41) is 3.34. The number of nitrogens with one attached hydrogen (secondary N) is 1. The number of benzene rings is 1. The molecule has 0 saturated carbocycles. The molecule has 4 nitrogen and oxygen atoms in total. The van der Waals surface area contributed by atoms with E-state index in [9.17, 15) is 0 Å². The van der Waals surface area contributed by atoms with Crippen LogP contribution in [0.15, 0.2) is 29.3 Å². The number of aliphatic imine (C=N–C) groups is 1. The molecule has 2 heterocycles. The molecule has 2 atom stereocenters. The first kappa shape index (κ1) is 11.7. The highest BCUT2D eigenvalue weighted by molar-refractivity contribution is 5.95. The van der Waals surface area contributed by atoms with Gasteiger partial charge in [-0.15, -0.1) is 0 Å². The third-order valence-electron chi connectivity index (χ3n) is 3.26. The van der Waals surface area contributed by atoms with Crippen molar-refractivity contribution in [1.29, 1.82) is 0 Å². The van der Waals surface area contributed by atoms with Crippen LogP contribution >= 0.6 is 0 Å². The Balaban J connectivity index is 1.74. The molecule has 2 unspecified atom stereocenters. The normalized spacial score (nSPS) is 27.7. The van der Waals surface area contributed by atoms with Crippen molar-refractivity contribution in [2.75, 3.05) is 26.3 Å². The van der Waals surface area contributed by atoms with Gasteiger partial charge in [-0.05, 0) is 24.6 Å². The molecule has 0 amide bonds. The quantitative estimate of drug-likeness (QED) is 0.860. The van der Waals surface area contributed by atoms with E-state index in [1.54, 1.807) is 0 Å². The number of ether oxygens (including phenoxy) is 2. The van der Waals surface area contributed by atoms with Gasteiger partial charge in [-0.3, -0.25) is 0 Å². The van der Waals surface area contributed by atoms with Gasteiger partial charge in [0.15, 0.2) is 0 Å². The standard InChI is InChI=1S/C14H18N2O2/c1-10-9-18-14(16-10)12-4-2-11(3-5-12)13-8-15-6-7-17-13/h2-5,10,13,15H,6-9H2,1H3. The molecule has 4 heteroatoms. The zero-order chi connectivity index (χ0) is 12.4. The molecule has 2 aliphatic heterocycles. The fourth-order valence-electron chi connectivity index (χ4n) is 2.25. The molecule has 18 heavy (non-hydrogen) atoms. The van der Waals surface area contributed by atoms with Crippen molar-refractivity contribution in [2.24, 2.45) is 4.99 Å². The number of morpholine rings is 1. The Morgan fingerprint density at radius 1 is 1.28 bits per heavy atom. The van der Waals surface area contributed by atoms with Gasteiger partial charge in [0.2, 0.25) is 5.90 Å². The summed E-state index contributed by atoms with van der Waals surface area (Å²) in [7, 11) is 0. The zero-order valence-corrected chi connectivity index (χ0v) is 10.6. The van der Waals surface area contributed by atoms with Gasteiger partial charge in [0.1, 0.15) is 6.61 Å². The minimum Gasteiger partial charge on any atom is -0.475 e. The van der Waals surface area contributed by atoms with Gasteiger partial charge in [-0.1, -0.05) is 12.1 Å². The molecule has 1 aromatic carbocycles.